The zero-order valence-corrected chi connectivity index (χ0v) is 13.2. The second kappa shape index (κ2) is 5.60. The van der Waals surface area contributed by atoms with Crippen LogP contribution in [0.2, 0.25) is 5.02 Å². The molecule has 5 nitrogen and oxygen atoms in total. The highest BCUT2D eigenvalue weighted by Crippen LogP contribution is 2.39. The third-order valence-corrected chi connectivity index (χ3v) is 4.22. The topological polar surface area (TPSA) is 60.0 Å². The summed E-state index contributed by atoms with van der Waals surface area (Å²) in [4.78, 5) is 12.5. The first-order valence-electron chi connectivity index (χ1n) is 6.99. The summed E-state index contributed by atoms with van der Waals surface area (Å²) in [5.41, 5.74) is -2.54. The van der Waals surface area contributed by atoms with Crippen molar-refractivity contribution in [2.75, 3.05) is 7.11 Å². The van der Waals surface area contributed by atoms with Crippen LogP contribution in [0.25, 0.3) is 5.69 Å². The van der Waals surface area contributed by atoms with Gasteiger partial charge in [-0.3, -0.25) is 4.57 Å². The molecule has 1 aromatic heterocycles. The maximum Gasteiger partial charge on any atom is 0.334 e. The first-order chi connectivity index (χ1) is 11.3. The van der Waals surface area contributed by atoms with Crippen LogP contribution in [0.3, 0.4) is 0 Å². The predicted molar refractivity (Wildman–Crippen MR) is 79.4 cm³/mol. The van der Waals surface area contributed by atoms with Gasteiger partial charge in [0.1, 0.15) is 23.3 Å². The number of benzene rings is 1. The average Bonchev–Trinajstić information content (AvgIpc) is 2.81. The van der Waals surface area contributed by atoms with Gasteiger partial charge >= 0.3 is 5.69 Å². The van der Waals surface area contributed by atoms with E-state index in [9.17, 15) is 23.2 Å². The van der Waals surface area contributed by atoms with Gasteiger partial charge in [-0.2, -0.15) is 14.0 Å². The van der Waals surface area contributed by atoms with Crippen molar-refractivity contribution in [1.29, 1.82) is 5.26 Å². The van der Waals surface area contributed by atoms with E-state index < -0.39 is 35.2 Å². The summed E-state index contributed by atoms with van der Waals surface area (Å²) < 4.78 is 49.1. The van der Waals surface area contributed by atoms with Gasteiger partial charge in [0.15, 0.2) is 5.69 Å². The summed E-state index contributed by atoms with van der Waals surface area (Å²) in [5, 5.41) is 9.28. The van der Waals surface area contributed by atoms with Gasteiger partial charge in [-0.1, -0.05) is 11.6 Å². The van der Waals surface area contributed by atoms with Crippen molar-refractivity contribution in [3.8, 4) is 17.5 Å². The minimum atomic E-state index is -3.33. The fourth-order valence-corrected chi connectivity index (χ4v) is 3.10. The van der Waals surface area contributed by atoms with E-state index in [1.807, 2.05) is 0 Å². The Balaban J connectivity index is 2.38. The van der Waals surface area contributed by atoms with E-state index in [-0.39, 0.29) is 29.4 Å². The lowest BCUT2D eigenvalue weighted by molar-refractivity contribution is -0.0351. The molecule has 1 aromatic carbocycles. The molecule has 2 heterocycles. The van der Waals surface area contributed by atoms with Crippen molar-refractivity contribution in [2.45, 2.75) is 25.3 Å². The second-order valence-corrected chi connectivity index (χ2v) is 5.73. The van der Waals surface area contributed by atoms with Crippen LogP contribution in [-0.4, -0.2) is 16.2 Å². The lowest BCUT2D eigenvalue weighted by atomic mass is 10.0. The van der Waals surface area contributed by atoms with Crippen LogP contribution < -0.4 is 10.4 Å². The zero-order chi connectivity index (χ0) is 17.6. The van der Waals surface area contributed by atoms with E-state index in [1.165, 1.54) is 7.11 Å². The van der Waals surface area contributed by atoms with Crippen molar-refractivity contribution < 1.29 is 17.9 Å². The number of aromatic nitrogens is 2. The molecule has 0 saturated heterocycles. The molecule has 0 fully saturated rings. The molecule has 1 aliphatic rings. The monoisotopic (exact) mass is 357 g/mol. The van der Waals surface area contributed by atoms with Crippen LogP contribution >= 0.6 is 11.6 Å². The molecule has 0 unspecified atom stereocenters. The van der Waals surface area contributed by atoms with E-state index >= 15 is 0 Å². The van der Waals surface area contributed by atoms with Gasteiger partial charge in [-0.25, -0.2) is 13.8 Å². The minimum Gasteiger partial charge on any atom is -0.495 e. The standard InChI is InChI=1S/C15H11ClF3N3O2/c1-24-12-6-10(9(17)5-8(12)16)22-11(7-20)13-15(18,19)3-2-4-21(13)14(22)23/h5-6H,2-4H2,1H3. The van der Waals surface area contributed by atoms with Crippen molar-refractivity contribution in [1.82, 2.24) is 9.13 Å². The largest absolute Gasteiger partial charge is 0.495 e. The molecular weight excluding hydrogens is 347 g/mol. The lowest BCUT2D eigenvalue weighted by Gasteiger charge is -2.23. The highest BCUT2D eigenvalue weighted by Gasteiger charge is 2.43. The number of halogens is 4. The number of imidazole rings is 1. The molecule has 126 valence electrons. The van der Waals surface area contributed by atoms with Crippen LogP contribution in [0, 0.1) is 17.1 Å². The van der Waals surface area contributed by atoms with E-state index in [0.29, 0.717) is 4.57 Å². The van der Waals surface area contributed by atoms with Crippen molar-refractivity contribution in [3.05, 3.63) is 44.8 Å². The van der Waals surface area contributed by atoms with Gasteiger partial charge in [0.2, 0.25) is 0 Å². The summed E-state index contributed by atoms with van der Waals surface area (Å²) in [6.07, 6.45) is -0.390. The van der Waals surface area contributed by atoms with Gasteiger partial charge in [0.25, 0.3) is 5.92 Å². The van der Waals surface area contributed by atoms with Crippen molar-refractivity contribution in [3.63, 3.8) is 0 Å². The first-order valence-corrected chi connectivity index (χ1v) is 7.37. The number of rotatable bonds is 2. The molecule has 0 radical (unpaired) electrons. The molecule has 24 heavy (non-hydrogen) atoms. The second-order valence-electron chi connectivity index (χ2n) is 5.32. The molecule has 0 spiro atoms. The summed E-state index contributed by atoms with van der Waals surface area (Å²) in [6, 6.07) is 3.60. The van der Waals surface area contributed by atoms with E-state index in [2.05, 4.69) is 0 Å². The maximum absolute atomic E-state index is 14.3. The smallest absolute Gasteiger partial charge is 0.334 e. The predicted octanol–water partition coefficient (Wildman–Crippen LogP) is 3.20. The Bertz CT molecular complexity index is 928. The highest BCUT2D eigenvalue weighted by atomic mass is 35.5. The molecule has 2 aromatic rings. The maximum atomic E-state index is 14.3. The summed E-state index contributed by atoms with van der Waals surface area (Å²) in [6.45, 7) is 0.0395. The fraction of sp³-hybridized carbons (Fsp3) is 0.333. The Morgan fingerprint density at radius 2 is 2.12 bits per heavy atom. The lowest BCUT2D eigenvalue weighted by Crippen LogP contribution is -2.31. The molecule has 0 amide bonds. The number of ether oxygens (including phenoxy) is 1. The van der Waals surface area contributed by atoms with Crippen LogP contribution in [-0.2, 0) is 12.5 Å². The van der Waals surface area contributed by atoms with Crippen LogP contribution in [0.4, 0.5) is 13.2 Å². The third-order valence-electron chi connectivity index (χ3n) is 3.93. The Morgan fingerprint density at radius 3 is 2.75 bits per heavy atom. The molecule has 0 atom stereocenters. The number of alkyl halides is 2. The number of methoxy groups -OCH3 is 1. The average molecular weight is 358 g/mol. The SMILES string of the molecule is COc1cc(-n2c(C#N)c3n(c2=O)CCCC3(F)F)c(F)cc1Cl. The van der Waals surface area contributed by atoms with Gasteiger partial charge < -0.3 is 4.74 Å². The Hall–Kier alpha value is -2.40. The molecular formula is C15H11ClF3N3O2. The molecule has 0 bridgehead atoms. The van der Waals surface area contributed by atoms with Gasteiger partial charge in [0, 0.05) is 19.0 Å². The molecule has 3 rings (SSSR count). The number of fused-ring (bicyclic) bond motifs is 1. The zero-order valence-electron chi connectivity index (χ0n) is 12.4. The quantitative estimate of drug-likeness (QED) is 0.829. The van der Waals surface area contributed by atoms with Gasteiger partial charge in [-0.05, 0) is 12.5 Å². The summed E-state index contributed by atoms with van der Waals surface area (Å²) >= 11 is 5.81. The summed E-state index contributed by atoms with van der Waals surface area (Å²) in [7, 11) is 1.29. The Labute approximate surface area is 139 Å². The Morgan fingerprint density at radius 1 is 1.42 bits per heavy atom. The Kier molecular flexibility index (Phi) is 3.84. The molecule has 1 aliphatic heterocycles. The molecule has 0 aliphatic carbocycles. The van der Waals surface area contributed by atoms with E-state index in [4.69, 9.17) is 16.3 Å². The fourth-order valence-electron chi connectivity index (χ4n) is 2.87. The third kappa shape index (κ3) is 2.27. The van der Waals surface area contributed by atoms with Crippen LogP contribution in [0.1, 0.15) is 24.2 Å². The normalized spacial score (nSPS) is 15.7. The number of nitrogens with zero attached hydrogens (tertiary/aromatic N) is 3. The first kappa shape index (κ1) is 16.5. The number of hydrogen-bond donors (Lipinski definition) is 0. The highest BCUT2D eigenvalue weighted by molar-refractivity contribution is 6.32. The van der Waals surface area contributed by atoms with Gasteiger partial charge in [0.05, 0.1) is 17.8 Å². The van der Waals surface area contributed by atoms with Crippen LogP contribution in [0.15, 0.2) is 16.9 Å². The van der Waals surface area contributed by atoms with Crippen molar-refractivity contribution >= 4 is 11.6 Å². The van der Waals surface area contributed by atoms with E-state index in [0.717, 1.165) is 16.7 Å². The summed E-state index contributed by atoms with van der Waals surface area (Å²) in [5.74, 6) is -4.20. The molecule has 0 saturated carbocycles. The van der Waals surface area contributed by atoms with Crippen molar-refractivity contribution in [2.24, 2.45) is 0 Å². The minimum absolute atomic E-state index is 0.0395. The van der Waals surface area contributed by atoms with E-state index in [1.54, 1.807) is 6.07 Å². The van der Waals surface area contributed by atoms with Gasteiger partial charge in [-0.15, -0.1) is 0 Å². The number of nitriles is 1. The molecule has 9 heteroatoms. The number of hydrogen-bond acceptors (Lipinski definition) is 3. The van der Waals surface area contributed by atoms with Crippen LogP contribution in [0.5, 0.6) is 5.75 Å². The molecule has 0 N–H and O–H groups in total.